The second kappa shape index (κ2) is 7.15. The Morgan fingerprint density at radius 2 is 1.93 bits per heavy atom. The summed E-state index contributed by atoms with van der Waals surface area (Å²) >= 11 is 0. The number of anilines is 1. The number of nitrogens with zero attached hydrogens (tertiary/aromatic N) is 2. The smallest absolute Gasteiger partial charge is 0.322 e. The SMILES string of the molecule is COc1cccc(NC(=O)N2CCn3cccc3[C@H]2c2ccc(F)cc2)c1. The lowest BCUT2D eigenvalue weighted by atomic mass is 10.0. The van der Waals surface area contributed by atoms with Crippen LogP contribution >= 0.6 is 0 Å². The average molecular weight is 365 g/mol. The number of halogens is 1. The number of rotatable bonds is 3. The van der Waals surface area contributed by atoms with Crippen LogP contribution < -0.4 is 10.1 Å². The molecule has 0 aliphatic carbocycles. The third-order valence-electron chi connectivity index (χ3n) is 4.81. The zero-order chi connectivity index (χ0) is 18.8. The van der Waals surface area contributed by atoms with Crippen LogP contribution in [0.5, 0.6) is 5.75 Å². The molecule has 0 fully saturated rings. The second-order valence-electron chi connectivity index (χ2n) is 6.44. The summed E-state index contributed by atoms with van der Waals surface area (Å²) in [5, 5.41) is 2.94. The Hall–Kier alpha value is -3.28. The maximum absolute atomic E-state index is 13.4. The normalized spacial score (nSPS) is 15.9. The molecule has 27 heavy (non-hydrogen) atoms. The number of carbonyl (C=O) groups excluding carboxylic acids is 1. The van der Waals surface area contributed by atoms with E-state index in [1.807, 2.05) is 36.5 Å². The number of hydrogen-bond acceptors (Lipinski definition) is 2. The highest BCUT2D eigenvalue weighted by molar-refractivity contribution is 5.90. The highest BCUT2D eigenvalue weighted by Crippen LogP contribution is 2.33. The fraction of sp³-hybridized carbons (Fsp3) is 0.190. The molecule has 1 aromatic heterocycles. The molecule has 0 spiro atoms. The highest BCUT2D eigenvalue weighted by Gasteiger charge is 2.32. The van der Waals surface area contributed by atoms with Crippen LogP contribution in [0.1, 0.15) is 17.3 Å². The van der Waals surface area contributed by atoms with Gasteiger partial charge in [-0.2, -0.15) is 0 Å². The third-order valence-corrected chi connectivity index (χ3v) is 4.81. The van der Waals surface area contributed by atoms with Crippen LogP contribution in [-0.2, 0) is 6.54 Å². The van der Waals surface area contributed by atoms with Gasteiger partial charge in [-0.25, -0.2) is 9.18 Å². The van der Waals surface area contributed by atoms with Gasteiger partial charge in [-0.05, 0) is 42.0 Å². The molecule has 0 saturated heterocycles. The number of benzene rings is 2. The molecule has 1 aliphatic rings. The molecule has 1 N–H and O–H groups in total. The number of amides is 2. The number of carbonyl (C=O) groups is 1. The molecule has 2 heterocycles. The topological polar surface area (TPSA) is 46.5 Å². The minimum absolute atomic E-state index is 0.204. The van der Waals surface area contributed by atoms with E-state index in [-0.39, 0.29) is 17.9 Å². The number of aromatic nitrogens is 1. The van der Waals surface area contributed by atoms with Gasteiger partial charge in [0, 0.05) is 36.7 Å². The predicted molar refractivity (Wildman–Crippen MR) is 101 cm³/mol. The number of ether oxygens (including phenoxy) is 1. The van der Waals surface area contributed by atoms with Crippen molar-refractivity contribution in [2.75, 3.05) is 19.0 Å². The standard InChI is InChI=1S/C21H20FN3O2/c1-27-18-5-2-4-17(14-18)23-21(26)25-13-12-24-11-3-6-19(24)20(25)15-7-9-16(22)10-8-15/h2-11,14,20H,12-13H2,1H3,(H,23,26)/t20-/m1/s1. The molecule has 0 saturated carbocycles. The Labute approximate surface area is 157 Å². The molecular formula is C21H20FN3O2. The van der Waals surface area contributed by atoms with E-state index < -0.39 is 0 Å². The van der Waals surface area contributed by atoms with Gasteiger partial charge in [0.05, 0.1) is 13.2 Å². The molecular weight excluding hydrogens is 345 g/mol. The maximum atomic E-state index is 13.4. The molecule has 5 nitrogen and oxygen atoms in total. The van der Waals surface area contributed by atoms with Crippen LogP contribution in [0.15, 0.2) is 66.9 Å². The summed E-state index contributed by atoms with van der Waals surface area (Å²) in [7, 11) is 1.59. The van der Waals surface area contributed by atoms with Gasteiger partial charge < -0.3 is 19.5 Å². The quantitative estimate of drug-likeness (QED) is 0.753. The third kappa shape index (κ3) is 3.38. The minimum atomic E-state index is -0.294. The van der Waals surface area contributed by atoms with Crippen molar-refractivity contribution < 1.29 is 13.9 Å². The molecule has 1 atom stereocenters. The van der Waals surface area contributed by atoms with Gasteiger partial charge in [0.1, 0.15) is 11.6 Å². The van der Waals surface area contributed by atoms with Crippen molar-refractivity contribution in [3.05, 3.63) is 83.9 Å². The Morgan fingerprint density at radius 1 is 1.11 bits per heavy atom. The zero-order valence-electron chi connectivity index (χ0n) is 14.9. The Morgan fingerprint density at radius 3 is 2.70 bits per heavy atom. The molecule has 2 aromatic carbocycles. The molecule has 0 bridgehead atoms. The van der Waals surface area contributed by atoms with E-state index in [4.69, 9.17) is 4.74 Å². The second-order valence-corrected chi connectivity index (χ2v) is 6.44. The summed E-state index contributed by atoms with van der Waals surface area (Å²) in [6, 6.07) is 17.0. The zero-order valence-corrected chi connectivity index (χ0v) is 14.9. The number of fused-ring (bicyclic) bond motifs is 1. The molecule has 6 heteroatoms. The van der Waals surface area contributed by atoms with Crippen LogP contribution in [0.2, 0.25) is 0 Å². The van der Waals surface area contributed by atoms with Crippen LogP contribution in [0.25, 0.3) is 0 Å². The number of hydrogen-bond donors (Lipinski definition) is 1. The Kier molecular flexibility index (Phi) is 4.54. The van der Waals surface area contributed by atoms with E-state index in [1.54, 1.807) is 30.2 Å². The largest absolute Gasteiger partial charge is 0.497 e. The van der Waals surface area contributed by atoms with Crippen LogP contribution in [-0.4, -0.2) is 29.2 Å². The van der Waals surface area contributed by atoms with E-state index in [9.17, 15) is 9.18 Å². The number of methoxy groups -OCH3 is 1. The van der Waals surface area contributed by atoms with E-state index in [0.717, 1.165) is 11.3 Å². The summed E-state index contributed by atoms with van der Waals surface area (Å²) in [5.41, 5.74) is 2.55. The van der Waals surface area contributed by atoms with Crippen molar-refractivity contribution in [2.45, 2.75) is 12.6 Å². The fourth-order valence-corrected chi connectivity index (χ4v) is 3.49. The fourth-order valence-electron chi connectivity index (χ4n) is 3.49. The van der Waals surface area contributed by atoms with Crippen molar-refractivity contribution in [1.29, 1.82) is 0 Å². The van der Waals surface area contributed by atoms with Gasteiger partial charge in [0.15, 0.2) is 0 Å². The lowest BCUT2D eigenvalue weighted by Crippen LogP contribution is -2.44. The summed E-state index contributed by atoms with van der Waals surface area (Å²) < 4.78 is 20.7. The molecule has 1 aliphatic heterocycles. The van der Waals surface area contributed by atoms with Gasteiger partial charge in [-0.1, -0.05) is 18.2 Å². The number of nitrogens with one attached hydrogen (secondary N) is 1. The summed E-state index contributed by atoms with van der Waals surface area (Å²) in [4.78, 5) is 14.8. The molecule has 2 amide bonds. The van der Waals surface area contributed by atoms with Gasteiger partial charge in [0.25, 0.3) is 0 Å². The summed E-state index contributed by atoms with van der Waals surface area (Å²) in [6.07, 6.45) is 2.00. The first-order valence-electron chi connectivity index (χ1n) is 8.78. The average Bonchev–Trinajstić information content (AvgIpc) is 3.17. The Bertz CT molecular complexity index is 952. The molecule has 138 valence electrons. The molecule has 0 radical (unpaired) electrons. The summed E-state index contributed by atoms with van der Waals surface area (Å²) in [6.45, 7) is 1.27. The van der Waals surface area contributed by atoms with Gasteiger partial charge in [-0.3, -0.25) is 0 Å². The van der Waals surface area contributed by atoms with E-state index >= 15 is 0 Å². The van der Waals surface area contributed by atoms with E-state index in [2.05, 4.69) is 9.88 Å². The van der Waals surface area contributed by atoms with Crippen molar-refractivity contribution >= 4 is 11.7 Å². The first kappa shape index (κ1) is 17.1. The molecule has 4 rings (SSSR count). The maximum Gasteiger partial charge on any atom is 0.322 e. The van der Waals surface area contributed by atoms with Crippen molar-refractivity contribution in [3.8, 4) is 5.75 Å². The molecule has 0 unspecified atom stereocenters. The van der Waals surface area contributed by atoms with Crippen LogP contribution in [0, 0.1) is 5.82 Å². The lowest BCUT2D eigenvalue weighted by molar-refractivity contribution is 0.182. The Balaban J connectivity index is 1.65. The van der Waals surface area contributed by atoms with Crippen LogP contribution in [0.3, 0.4) is 0 Å². The van der Waals surface area contributed by atoms with Gasteiger partial charge in [-0.15, -0.1) is 0 Å². The van der Waals surface area contributed by atoms with Gasteiger partial charge >= 0.3 is 6.03 Å². The monoisotopic (exact) mass is 365 g/mol. The van der Waals surface area contributed by atoms with E-state index in [1.165, 1.54) is 12.1 Å². The van der Waals surface area contributed by atoms with Gasteiger partial charge in [0.2, 0.25) is 0 Å². The van der Waals surface area contributed by atoms with Crippen molar-refractivity contribution in [1.82, 2.24) is 9.47 Å². The predicted octanol–water partition coefficient (Wildman–Crippen LogP) is 4.27. The first-order valence-corrected chi connectivity index (χ1v) is 8.78. The molecule has 3 aromatic rings. The lowest BCUT2D eigenvalue weighted by Gasteiger charge is -2.37. The van der Waals surface area contributed by atoms with Crippen LogP contribution in [0.4, 0.5) is 14.9 Å². The summed E-state index contributed by atoms with van der Waals surface area (Å²) in [5.74, 6) is 0.382. The van der Waals surface area contributed by atoms with E-state index in [0.29, 0.717) is 24.5 Å². The minimum Gasteiger partial charge on any atom is -0.497 e. The first-order chi connectivity index (χ1) is 13.2. The number of urea groups is 1. The van der Waals surface area contributed by atoms with Crippen molar-refractivity contribution in [2.24, 2.45) is 0 Å². The van der Waals surface area contributed by atoms with Crippen molar-refractivity contribution in [3.63, 3.8) is 0 Å². The highest BCUT2D eigenvalue weighted by atomic mass is 19.1.